The van der Waals surface area contributed by atoms with Crippen molar-refractivity contribution in [1.29, 1.82) is 0 Å². The minimum absolute atomic E-state index is 0.0571. The number of carbonyl (C=O) groups excluding carboxylic acids is 2. The summed E-state index contributed by atoms with van der Waals surface area (Å²) in [6.45, 7) is 3.26. The Morgan fingerprint density at radius 3 is 2.00 bits per heavy atom. The highest BCUT2D eigenvalue weighted by atomic mass is 19.4. The summed E-state index contributed by atoms with van der Waals surface area (Å²) in [4.78, 5) is 48.8. The third-order valence-electron chi connectivity index (χ3n) is 5.13. The predicted octanol–water partition coefficient (Wildman–Crippen LogP) is 2.55. The highest BCUT2D eigenvalue weighted by Gasteiger charge is 2.49. The van der Waals surface area contributed by atoms with Crippen LogP contribution in [-0.4, -0.2) is 77.4 Å². The molecule has 1 fully saturated rings. The number of esters is 1. The number of piperidine rings is 1. The molecule has 0 atom stereocenters. The molecule has 0 saturated carbocycles. The van der Waals surface area contributed by atoms with Crippen LogP contribution in [0.25, 0.3) is 0 Å². The van der Waals surface area contributed by atoms with Crippen molar-refractivity contribution in [2.75, 3.05) is 31.6 Å². The summed E-state index contributed by atoms with van der Waals surface area (Å²) < 4.78 is 36.8. The van der Waals surface area contributed by atoms with Crippen LogP contribution < -0.4 is 4.90 Å². The van der Waals surface area contributed by atoms with Crippen molar-refractivity contribution in [3.63, 3.8) is 0 Å². The smallest absolute Gasteiger partial charge is 0.481 e. The minimum atomic E-state index is -5.08. The Balaban J connectivity index is 0.000000675. The number of aliphatic carboxylic acids is 2. The summed E-state index contributed by atoms with van der Waals surface area (Å²) in [5, 5.41) is 16.0. The molecule has 184 valence electrons. The molecule has 0 unspecified atom stereocenters. The van der Waals surface area contributed by atoms with E-state index in [4.69, 9.17) is 19.7 Å². The third kappa shape index (κ3) is 7.74. The van der Waals surface area contributed by atoms with Crippen LogP contribution in [0.5, 0.6) is 0 Å². The summed E-state index contributed by atoms with van der Waals surface area (Å²) in [6.07, 6.45) is -3.95. The Bertz CT molecular complexity index is 823. The number of ether oxygens (including phenoxy) is 1. The lowest BCUT2D eigenvalue weighted by molar-refractivity contribution is -0.192. The molecule has 1 aromatic rings. The fourth-order valence-corrected chi connectivity index (χ4v) is 3.47. The maximum atomic E-state index is 12.8. The summed E-state index contributed by atoms with van der Waals surface area (Å²) >= 11 is 0. The zero-order valence-corrected chi connectivity index (χ0v) is 18.3. The number of carboxylic acid groups (broad SMARTS) is 2. The monoisotopic (exact) mass is 476 g/mol. The lowest BCUT2D eigenvalue weighted by Crippen LogP contribution is -2.62. The normalized spacial score (nSPS) is 15.5. The second kappa shape index (κ2) is 12.2. The number of alkyl halides is 3. The van der Waals surface area contributed by atoms with Crippen LogP contribution >= 0.6 is 0 Å². The van der Waals surface area contributed by atoms with E-state index in [0.29, 0.717) is 38.2 Å². The van der Waals surface area contributed by atoms with Crippen molar-refractivity contribution >= 4 is 29.5 Å². The van der Waals surface area contributed by atoms with E-state index in [0.717, 1.165) is 0 Å². The zero-order valence-electron chi connectivity index (χ0n) is 18.3. The molecule has 0 radical (unpaired) electrons. The molecule has 0 aliphatic carbocycles. The number of amides is 1. The van der Waals surface area contributed by atoms with Crippen molar-refractivity contribution in [1.82, 2.24) is 4.90 Å². The Kier molecular flexibility index (Phi) is 10.3. The van der Waals surface area contributed by atoms with Gasteiger partial charge in [0.05, 0.1) is 13.5 Å². The molecule has 1 aromatic carbocycles. The molecule has 1 saturated heterocycles. The number of likely N-dealkylation sites (tertiary alicyclic amines) is 1. The lowest BCUT2D eigenvalue weighted by atomic mass is 9.84. The van der Waals surface area contributed by atoms with Gasteiger partial charge >= 0.3 is 24.1 Å². The first-order chi connectivity index (χ1) is 15.4. The summed E-state index contributed by atoms with van der Waals surface area (Å²) in [7, 11) is 1.33. The molecule has 9 nitrogen and oxygen atoms in total. The molecule has 12 heteroatoms. The Morgan fingerprint density at radius 2 is 1.61 bits per heavy atom. The topological polar surface area (TPSA) is 124 Å². The molecule has 0 aromatic heterocycles. The van der Waals surface area contributed by atoms with Crippen molar-refractivity contribution in [2.24, 2.45) is 0 Å². The number of hydrogen-bond acceptors (Lipinski definition) is 6. The van der Waals surface area contributed by atoms with Gasteiger partial charge in [-0.15, -0.1) is 0 Å². The van der Waals surface area contributed by atoms with E-state index < -0.39 is 29.6 Å². The first-order valence-electron chi connectivity index (χ1n) is 10.1. The van der Waals surface area contributed by atoms with Crippen molar-refractivity contribution < 1.29 is 47.3 Å². The van der Waals surface area contributed by atoms with Crippen LogP contribution in [0.2, 0.25) is 0 Å². The van der Waals surface area contributed by atoms with E-state index >= 15 is 0 Å². The summed E-state index contributed by atoms with van der Waals surface area (Å²) in [6, 6.07) is 9.15. The van der Waals surface area contributed by atoms with Gasteiger partial charge in [0.15, 0.2) is 0 Å². The molecule has 1 heterocycles. The van der Waals surface area contributed by atoms with Crippen LogP contribution in [0.4, 0.5) is 18.9 Å². The van der Waals surface area contributed by atoms with Crippen molar-refractivity contribution in [2.45, 2.75) is 44.3 Å². The minimum Gasteiger partial charge on any atom is -0.481 e. The molecule has 1 aliphatic rings. The number of halogens is 3. The molecular formula is C21H27F3N2O7. The van der Waals surface area contributed by atoms with E-state index in [9.17, 15) is 27.6 Å². The molecule has 2 N–H and O–H groups in total. The van der Waals surface area contributed by atoms with Gasteiger partial charge in [-0.3, -0.25) is 14.5 Å². The number of carboxylic acids is 2. The molecule has 33 heavy (non-hydrogen) atoms. The number of anilines is 1. The number of para-hydroxylation sites is 1. The largest absolute Gasteiger partial charge is 0.490 e. The standard InChI is InChI=1S/C19H26N2O5.C2HF3O2/c1-3-16(22)21(15-7-5-4-6-8-15)19(18(25)26-2)10-13-20(14-11-19)12-9-17(23)24;3-2(4,5)1(6)7/h4-8H,3,9-14H2,1-2H3,(H,23,24);(H,6,7). The number of methoxy groups -OCH3 is 1. The van der Waals surface area contributed by atoms with Crippen LogP contribution in [0.1, 0.15) is 32.6 Å². The predicted molar refractivity (Wildman–Crippen MR) is 111 cm³/mol. The third-order valence-corrected chi connectivity index (χ3v) is 5.13. The second-order valence-electron chi connectivity index (χ2n) is 7.23. The van der Waals surface area contributed by atoms with E-state index in [1.54, 1.807) is 11.8 Å². The molecule has 1 amide bonds. The van der Waals surface area contributed by atoms with Gasteiger partial charge in [-0.1, -0.05) is 25.1 Å². The quantitative estimate of drug-likeness (QED) is 0.576. The summed E-state index contributed by atoms with van der Waals surface area (Å²) in [5.74, 6) is -4.17. The van der Waals surface area contributed by atoms with Crippen molar-refractivity contribution in [3.05, 3.63) is 30.3 Å². The number of rotatable bonds is 7. The maximum Gasteiger partial charge on any atom is 0.490 e. The van der Waals surface area contributed by atoms with E-state index in [1.807, 2.05) is 35.2 Å². The molecular weight excluding hydrogens is 449 g/mol. The first-order valence-corrected chi connectivity index (χ1v) is 10.1. The van der Waals surface area contributed by atoms with Crippen LogP contribution in [0.3, 0.4) is 0 Å². The number of hydrogen-bond donors (Lipinski definition) is 2. The highest BCUT2D eigenvalue weighted by Crippen LogP contribution is 2.35. The maximum absolute atomic E-state index is 12.8. The van der Waals surface area contributed by atoms with Gasteiger partial charge < -0.3 is 19.8 Å². The lowest BCUT2D eigenvalue weighted by Gasteiger charge is -2.46. The molecule has 0 spiro atoms. The SMILES string of the molecule is CCC(=O)N(c1ccccc1)C1(C(=O)OC)CCN(CCC(=O)O)CC1.O=C(O)C(F)(F)F. The first kappa shape index (κ1) is 27.9. The second-order valence-corrected chi connectivity index (χ2v) is 7.23. The molecule has 0 bridgehead atoms. The molecule has 2 rings (SSSR count). The fraction of sp³-hybridized carbons (Fsp3) is 0.524. The zero-order chi connectivity index (χ0) is 25.2. The summed E-state index contributed by atoms with van der Waals surface area (Å²) in [5.41, 5.74) is -0.396. The van der Waals surface area contributed by atoms with Crippen LogP contribution in [-0.2, 0) is 23.9 Å². The van der Waals surface area contributed by atoms with Crippen LogP contribution in [0, 0.1) is 0 Å². The van der Waals surface area contributed by atoms with Gasteiger partial charge in [0.25, 0.3) is 0 Å². The van der Waals surface area contributed by atoms with Crippen molar-refractivity contribution in [3.8, 4) is 0 Å². The molecule has 1 aliphatic heterocycles. The average molecular weight is 476 g/mol. The number of carbonyl (C=O) groups is 4. The number of nitrogens with zero attached hydrogens (tertiary/aromatic N) is 2. The van der Waals surface area contributed by atoms with Gasteiger partial charge in [0, 0.05) is 31.7 Å². The van der Waals surface area contributed by atoms with E-state index in [-0.39, 0.29) is 18.7 Å². The van der Waals surface area contributed by atoms with Gasteiger partial charge in [-0.2, -0.15) is 13.2 Å². The van der Waals surface area contributed by atoms with Gasteiger partial charge in [-0.05, 0) is 25.0 Å². The van der Waals surface area contributed by atoms with Gasteiger partial charge in [0.1, 0.15) is 5.54 Å². The highest BCUT2D eigenvalue weighted by molar-refractivity contribution is 6.02. The van der Waals surface area contributed by atoms with Gasteiger partial charge in [0.2, 0.25) is 5.91 Å². The van der Waals surface area contributed by atoms with Gasteiger partial charge in [-0.25, -0.2) is 9.59 Å². The Morgan fingerprint density at radius 1 is 1.09 bits per heavy atom. The Labute approximate surface area is 188 Å². The van der Waals surface area contributed by atoms with E-state index in [2.05, 4.69) is 0 Å². The van der Waals surface area contributed by atoms with Crippen LogP contribution in [0.15, 0.2) is 30.3 Å². The average Bonchev–Trinajstić information content (AvgIpc) is 2.78. The fourth-order valence-electron chi connectivity index (χ4n) is 3.47. The number of benzene rings is 1. The van der Waals surface area contributed by atoms with E-state index in [1.165, 1.54) is 7.11 Å². The Hall–Kier alpha value is -3.15.